The molecule has 0 N–H and O–H groups in total. The van der Waals surface area contributed by atoms with Crippen molar-refractivity contribution in [2.75, 3.05) is 31.2 Å². The zero-order valence-electron chi connectivity index (χ0n) is 20.6. The summed E-state index contributed by atoms with van der Waals surface area (Å²) in [6.07, 6.45) is 3.76. The van der Waals surface area contributed by atoms with Crippen molar-refractivity contribution in [3.63, 3.8) is 0 Å². The van der Waals surface area contributed by atoms with E-state index in [-0.39, 0.29) is 6.10 Å². The summed E-state index contributed by atoms with van der Waals surface area (Å²) in [6, 6.07) is 21.2. The molecule has 1 aliphatic rings. The molecule has 0 saturated carbocycles. The van der Waals surface area contributed by atoms with Gasteiger partial charge >= 0.3 is 0 Å². The van der Waals surface area contributed by atoms with E-state index in [1.807, 2.05) is 6.07 Å². The highest BCUT2D eigenvalue weighted by Gasteiger charge is 2.23. The fourth-order valence-corrected chi connectivity index (χ4v) is 4.57. The van der Waals surface area contributed by atoms with Crippen molar-refractivity contribution < 1.29 is 9.47 Å². The van der Waals surface area contributed by atoms with E-state index in [1.165, 1.54) is 21.8 Å². The topological polar surface area (TPSA) is 54.7 Å². The number of rotatable bonds is 10. The minimum absolute atomic E-state index is 0.198. The molecule has 1 atom stereocenters. The molecule has 0 bridgehead atoms. The molecule has 0 radical (unpaired) electrons. The monoisotopic (exact) mass is 468 g/mol. The highest BCUT2D eigenvalue weighted by atomic mass is 16.6. The van der Waals surface area contributed by atoms with E-state index in [9.17, 15) is 0 Å². The first-order valence-corrected chi connectivity index (χ1v) is 12.4. The molecule has 1 aliphatic heterocycles. The number of aryl methyl sites for hydroxylation is 1. The van der Waals surface area contributed by atoms with E-state index in [4.69, 9.17) is 9.47 Å². The van der Waals surface area contributed by atoms with Crippen molar-refractivity contribution in [1.29, 1.82) is 0 Å². The second kappa shape index (κ2) is 10.3. The van der Waals surface area contributed by atoms with Crippen LogP contribution >= 0.6 is 0 Å². The fraction of sp³-hybridized carbons (Fsp3) is 0.310. The molecular formula is C29H32N4O2. The Labute approximate surface area is 206 Å². The predicted molar refractivity (Wildman–Crippen MR) is 146 cm³/mol. The van der Waals surface area contributed by atoms with Crippen molar-refractivity contribution in [2.24, 2.45) is 10.2 Å². The molecule has 5 rings (SSSR count). The van der Waals surface area contributed by atoms with Crippen LogP contribution in [0.25, 0.3) is 21.8 Å². The fourth-order valence-electron chi connectivity index (χ4n) is 4.57. The highest BCUT2D eigenvalue weighted by molar-refractivity contribution is 6.09. The zero-order valence-corrected chi connectivity index (χ0v) is 20.6. The van der Waals surface area contributed by atoms with E-state index >= 15 is 0 Å². The van der Waals surface area contributed by atoms with Crippen LogP contribution in [0.1, 0.15) is 31.9 Å². The Morgan fingerprint density at radius 1 is 0.943 bits per heavy atom. The largest absolute Gasteiger partial charge is 0.490 e. The van der Waals surface area contributed by atoms with Gasteiger partial charge in [-0.1, -0.05) is 24.3 Å². The molecule has 1 saturated heterocycles. The lowest BCUT2D eigenvalue weighted by Crippen LogP contribution is -2.21. The van der Waals surface area contributed by atoms with Crippen LogP contribution in [0.5, 0.6) is 5.75 Å². The number of epoxide rings is 1. The van der Waals surface area contributed by atoms with Crippen molar-refractivity contribution in [1.82, 2.24) is 4.57 Å². The van der Waals surface area contributed by atoms with Gasteiger partial charge in [-0.25, -0.2) is 0 Å². The van der Waals surface area contributed by atoms with Crippen molar-refractivity contribution in [3.8, 4) is 5.75 Å². The third kappa shape index (κ3) is 4.93. The van der Waals surface area contributed by atoms with Crippen molar-refractivity contribution in [2.45, 2.75) is 33.4 Å². The summed E-state index contributed by atoms with van der Waals surface area (Å²) < 4.78 is 13.7. The third-order valence-electron chi connectivity index (χ3n) is 6.54. The van der Waals surface area contributed by atoms with Gasteiger partial charge < -0.3 is 18.9 Å². The van der Waals surface area contributed by atoms with Crippen LogP contribution in [0.15, 0.2) is 70.9 Å². The Bertz CT molecular complexity index is 1380. The molecule has 0 amide bonds. The second-order valence-corrected chi connectivity index (χ2v) is 8.69. The van der Waals surface area contributed by atoms with E-state index < -0.39 is 0 Å². The molecule has 35 heavy (non-hydrogen) atoms. The van der Waals surface area contributed by atoms with Gasteiger partial charge in [0.15, 0.2) is 0 Å². The molecule has 3 aromatic carbocycles. The van der Waals surface area contributed by atoms with Crippen molar-refractivity contribution in [3.05, 3.63) is 71.8 Å². The minimum Gasteiger partial charge on any atom is -0.490 e. The SMILES string of the molecule is CCN(CC)c1ccc(C=NN=Cc2ccc3c(c2)c2ccccc2n3CC)c(OCC2CO2)c1. The number of para-hydroxylation sites is 1. The van der Waals surface area contributed by atoms with Crippen LogP contribution in [0.2, 0.25) is 0 Å². The minimum atomic E-state index is 0.198. The summed E-state index contributed by atoms with van der Waals surface area (Å²) in [5.74, 6) is 0.803. The maximum atomic E-state index is 6.06. The Morgan fingerprint density at radius 3 is 2.49 bits per heavy atom. The summed E-state index contributed by atoms with van der Waals surface area (Å²) >= 11 is 0. The molecular weight excluding hydrogens is 436 g/mol. The van der Waals surface area contributed by atoms with Crippen LogP contribution < -0.4 is 9.64 Å². The van der Waals surface area contributed by atoms with Gasteiger partial charge in [-0.05, 0) is 56.7 Å². The zero-order chi connectivity index (χ0) is 24.2. The third-order valence-corrected chi connectivity index (χ3v) is 6.54. The lowest BCUT2D eigenvalue weighted by atomic mass is 10.1. The molecule has 180 valence electrons. The molecule has 4 aromatic rings. The number of fused-ring (bicyclic) bond motifs is 3. The Balaban J connectivity index is 1.38. The number of anilines is 1. The molecule has 2 heterocycles. The number of hydrogen-bond donors (Lipinski definition) is 0. The Hall–Kier alpha value is -3.64. The molecule has 1 unspecified atom stereocenters. The lowest BCUT2D eigenvalue weighted by molar-refractivity contribution is 0.263. The van der Waals surface area contributed by atoms with E-state index in [2.05, 4.69) is 95.0 Å². The molecule has 1 fully saturated rings. The van der Waals surface area contributed by atoms with E-state index in [0.29, 0.717) is 6.61 Å². The number of ether oxygens (including phenoxy) is 2. The standard InChI is InChI=1S/C29H32N4O2/c1-4-32(5-2)23-13-12-22(29(16-23)35-20-24-19-34-24)18-31-30-17-21-11-14-28-26(15-21)25-9-7-8-10-27(25)33(28)6-3/h7-18,24H,4-6,19-20H2,1-3H3. The average molecular weight is 469 g/mol. The van der Waals surface area contributed by atoms with E-state index in [0.717, 1.165) is 48.8 Å². The van der Waals surface area contributed by atoms with Crippen molar-refractivity contribution >= 4 is 39.9 Å². The van der Waals surface area contributed by atoms with Crippen LogP contribution in [-0.4, -0.2) is 49.4 Å². The van der Waals surface area contributed by atoms with Crippen LogP contribution in [0, 0.1) is 0 Å². The maximum Gasteiger partial charge on any atom is 0.130 e. The smallest absolute Gasteiger partial charge is 0.130 e. The van der Waals surface area contributed by atoms with Gasteiger partial charge in [0.25, 0.3) is 0 Å². The number of aromatic nitrogens is 1. The Morgan fingerprint density at radius 2 is 1.71 bits per heavy atom. The molecule has 1 aromatic heterocycles. The van der Waals surface area contributed by atoms with Gasteiger partial charge in [0, 0.05) is 58.8 Å². The normalized spacial score (nSPS) is 15.6. The number of benzene rings is 3. The lowest BCUT2D eigenvalue weighted by Gasteiger charge is -2.22. The average Bonchev–Trinajstić information content (AvgIpc) is 3.67. The van der Waals surface area contributed by atoms with Crippen LogP contribution in [0.4, 0.5) is 5.69 Å². The van der Waals surface area contributed by atoms with Gasteiger partial charge in [0.05, 0.1) is 19.0 Å². The predicted octanol–water partition coefficient (Wildman–Crippen LogP) is 5.89. The first kappa shape index (κ1) is 23.1. The molecule has 6 nitrogen and oxygen atoms in total. The summed E-state index contributed by atoms with van der Waals surface area (Å²) in [5, 5.41) is 11.2. The molecule has 0 aliphatic carbocycles. The summed E-state index contributed by atoms with van der Waals surface area (Å²) in [4.78, 5) is 2.30. The maximum absolute atomic E-state index is 6.06. The quantitative estimate of drug-likeness (QED) is 0.166. The van der Waals surface area contributed by atoms with Gasteiger partial charge in [-0.3, -0.25) is 0 Å². The summed E-state index contributed by atoms with van der Waals surface area (Å²) in [7, 11) is 0. The van der Waals surface area contributed by atoms with Gasteiger partial charge in [0.2, 0.25) is 0 Å². The number of nitrogens with zero attached hydrogens (tertiary/aromatic N) is 4. The van der Waals surface area contributed by atoms with Gasteiger partial charge in [-0.15, -0.1) is 0 Å². The van der Waals surface area contributed by atoms with Crippen LogP contribution in [-0.2, 0) is 11.3 Å². The first-order chi connectivity index (χ1) is 17.2. The second-order valence-electron chi connectivity index (χ2n) is 8.69. The summed E-state index contributed by atoms with van der Waals surface area (Å²) in [5.41, 5.74) is 5.56. The highest BCUT2D eigenvalue weighted by Crippen LogP contribution is 2.29. The van der Waals surface area contributed by atoms with Gasteiger partial charge in [0.1, 0.15) is 18.5 Å². The first-order valence-electron chi connectivity index (χ1n) is 12.4. The van der Waals surface area contributed by atoms with Gasteiger partial charge in [-0.2, -0.15) is 10.2 Å². The van der Waals surface area contributed by atoms with E-state index in [1.54, 1.807) is 12.4 Å². The summed E-state index contributed by atoms with van der Waals surface area (Å²) in [6.45, 7) is 10.6. The number of hydrogen-bond acceptors (Lipinski definition) is 5. The molecule has 0 spiro atoms. The van der Waals surface area contributed by atoms with Crippen LogP contribution in [0.3, 0.4) is 0 Å². The molecule has 6 heteroatoms. The Kier molecular flexibility index (Phi) is 6.82.